The number of rotatable bonds is 4. The van der Waals surface area contributed by atoms with Crippen molar-refractivity contribution in [2.75, 3.05) is 20.2 Å². The van der Waals surface area contributed by atoms with Crippen molar-refractivity contribution in [3.8, 4) is 0 Å². The van der Waals surface area contributed by atoms with Crippen LogP contribution in [-0.2, 0) is 10.2 Å². The highest BCUT2D eigenvalue weighted by atomic mass is 19.4. The number of hydrogen-bond acceptors (Lipinski definition) is 5. The number of alkyl halides is 3. The Hall–Kier alpha value is -1.15. The van der Waals surface area contributed by atoms with E-state index in [2.05, 4.69) is 15.5 Å². The van der Waals surface area contributed by atoms with Crippen LogP contribution in [0.25, 0.3) is 0 Å². The second-order valence-electron chi connectivity index (χ2n) is 5.46. The Bertz CT molecular complexity index is 479. The van der Waals surface area contributed by atoms with Crippen molar-refractivity contribution >= 4 is 0 Å². The molecular formula is C12H16F3N3O2. The minimum Gasteiger partial charge on any atom is -0.373 e. The molecule has 2 fully saturated rings. The summed E-state index contributed by atoms with van der Waals surface area (Å²) < 4.78 is 50.3. The first-order valence-electron chi connectivity index (χ1n) is 6.62. The van der Waals surface area contributed by atoms with Crippen LogP contribution in [0.4, 0.5) is 13.2 Å². The third kappa shape index (κ3) is 2.10. The van der Waals surface area contributed by atoms with E-state index in [0.717, 1.165) is 12.8 Å². The second kappa shape index (κ2) is 4.70. The summed E-state index contributed by atoms with van der Waals surface area (Å²) in [4.78, 5) is 4.00. The molecule has 8 heteroatoms. The number of aromatic nitrogens is 2. The second-order valence-corrected chi connectivity index (χ2v) is 5.46. The molecule has 1 saturated carbocycles. The third-order valence-electron chi connectivity index (χ3n) is 4.11. The predicted octanol–water partition coefficient (Wildman–Crippen LogP) is 1.96. The Labute approximate surface area is 113 Å². The van der Waals surface area contributed by atoms with Crippen molar-refractivity contribution in [2.24, 2.45) is 5.92 Å². The van der Waals surface area contributed by atoms with Crippen LogP contribution in [-0.4, -0.2) is 36.5 Å². The van der Waals surface area contributed by atoms with E-state index in [1.165, 1.54) is 7.11 Å². The largest absolute Gasteiger partial charge is 0.404 e. The van der Waals surface area contributed by atoms with E-state index in [1.54, 1.807) is 0 Å². The summed E-state index contributed by atoms with van der Waals surface area (Å²) in [6, 6.07) is 0. The lowest BCUT2D eigenvalue weighted by atomic mass is 9.86. The van der Waals surface area contributed by atoms with Crippen LogP contribution in [0.3, 0.4) is 0 Å². The maximum atomic E-state index is 13.4. The van der Waals surface area contributed by atoms with Gasteiger partial charge in [0.2, 0.25) is 11.7 Å². The van der Waals surface area contributed by atoms with Gasteiger partial charge in [0.15, 0.2) is 5.41 Å². The third-order valence-corrected chi connectivity index (χ3v) is 4.11. The highest BCUT2D eigenvalue weighted by molar-refractivity contribution is 5.15. The van der Waals surface area contributed by atoms with Crippen molar-refractivity contribution in [3.63, 3.8) is 0 Å². The maximum absolute atomic E-state index is 13.4. The van der Waals surface area contributed by atoms with Crippen LogP contribution >= 0.6 is 0 Å². The van der Waals surface area contributed by atoms with Crippen LogP contribution in [0.1, 0.15) is 37.1 Å². The fourth-order valence-electron chi connectivity index (χ4n) is 2.69. The molecule has 1 N–H and O–H groups in total. The Kier molecular flexibility index (Phi) is 3.24. The minimum absolute atomic E-state index is 0.0841. The molecule has 0 amide bonds. The fourth-order valence-corrected chi connectivity index (χ4v) is 2.69. The summed E-state index contributed by atoms with van der Waals surface area (Å²) >= 11 is 0. The topological polar surface area (TPSA) is 60.2 Å². The van der Waals surface area contributed by atoms with Gasteiger partial charge in [-0.25, -0.2) is 0 Å². The summed E-state index contributed by atoms with van der Waals surface area (Å²) in [6.45, 7) is 0.0623. The van der Waals surface area contributed by atoms with Crippen molar-refractivity contribution < 1.29 is 22.4 Å². The van der Waals surface area contributed by atoms with E-state index in [4.69, 9.17) is 9.26 Å². The quantitative estimate of drug-likeness (QED) is 0.919. The van der Waals surface area contributed by atoms with Crippen LogP contribution in [0, 0.1) is 5.92 Å². The van der Waals surface area contributed by atoms with E-state index in [-0.39, 0.29) is 43.2 Å². The Morgan fingerprint density at radius 1 is 1.45 bits per heavy atom. The lowest BCUT2D eigenvalue weighted by molar-refractivity contribution is -0.191. The van der Waals surface area contributed by atoms with Gasteiger partial charge in [-0.1, -0.05) is 5.16 Å². The van der Waals surface area contributed by atoms with Gasteiger partial charge in [-0.05, 0) is 31.7 Å². The lowest BCUT2D eigenvalue weighted by Gasteiger charge is -2.26. The van der Waals surface area contributed by atoms with Crippen molar-refractivity contribution in [1.82, 2.24) is 15.5 Å². The van der Waals surface area contributed by atoms with E-state index in [9.17, 15) is 13.2 Å². The highest BCUT2D eigenvalue weighted by Crippen LogP contribution is 2.46. The zero-order valence-corrected chi connectivity index (χ0v) is 11.0. The van der Waals surface area contributed by atoms with Gasteiger partial charge in [-0.3, -0.25) is 0 Å². The molecule has 1 aromatic heterocycles. The molecule has 2 unspecified atom stereocenters. The van der Waals surface area contributed by atoms with Gasteiger partial charge in [0.1, 0.15) is 6.10 Å². The molecule has 3 rings (SSSR count). The Balaban J connectivity index is 1.91. The number of hydrogen-bond donors (Lipinski definition) is 1. The van der Waals surface area contributed by atoms with E-state index >= 15 is 0 Å². The number of halogens is 3. The number of methoxy groups -OCH3 is 1. The molecule has 0 bridgehead atoms. The molecule has 5 nitrogen and oxygen atoms in total. The molecule has 0 spiro atoms. The van der Waals surface area contributed by atoms with E-state index in [1.807, 2.05) is 0 Å². The molecule has 0 radical (unpaired) electrons. The first-order chi connectivity index (χ1) is 9.48. The molecule has 2 heterocycles. The number of nitrogens with zero attached hydrogens (tertiary/aromatic N) is 2. The van der Waals surface area contributed by atoms with Crippen molar-refractivity contribution in [3.05, 3.63) is 11.7 Å². The average Bonchev–Trinajstić information content (AvgIpc) is 2.92. The number of ether oxygens (including phenoxy) is 1. The normalized spacial score (nSPS) is 28.8. The van der Waals surface area contributed by atoms with Crippen LogP contribution in [0.5, 0.6) is 0 Å². The first-order valence-corrected chi connectivity index (χ1v) is 6.62. The minimum atomic E-state index is -4.41. The van der Waals surface area contributed by atoms with Crippen molar-refractivity contribution in [1.29, 1.82) is 0 Å². The zero-order chi connectivity index (χ0) is 14.4. The monoisotopic (exact) mass is 291 g/mol. The lowest BCUT2D eigenvalue weighted by Crippen LogP contribution is -2.44. The molecule has 2 atom stereocenters. The first kappa shape index (κ1) is 13.8. The number of nitrogens with one attached hydrogen (secondary N) is 1. The van der Waals surface area contributed by atoms with E-state index < -0.39 is 11.6 Å². The molecule has 1 saturated heterocycles. The molecule has 1 aliphatic carbocycles. The smallest absolute Gasteiger partial charge is 0.373 e. The molecule has 1 aromatic rings. The van der Waals surface area contributed by atoms with Gasteiger partial charge in [-0.15, -0.1) is 0 Å². The zero-order valence-electron chi connectivity index (χ0n) is 11.0. The standard InChI is InChI=1S/C12H16F3N3O2/c1-19-8(7-2-3-7)9-17-10(20-18-9)11(12(13,14)15)4-5-16-6-11/h7-8,16H,2-6H2,1H3. The summed E-state index contributed by atoms with van der Waals surface area (Å²) in [5.41, 5.74) is -2.07. The maximum Gasteiger partial charge on any atom is 0.404 e. The van der Waals surface area contributed by atoms with E-state index in [0.29, 0.717) is 0 Å². The molecule has 112 valence electrons. The van der Waals surface area contributed by atoms with Gasteiger partial charge in [0.25, 0.3) is 0 Å². The summed E-state index contributed by atoms with van der Waals surface area (Å²) in [7, 11) is 1.51. The average molecular weight is 291 g/mol. The summed E-state index contributed by atoms with van der Waals surface area (Å²) in [6.07, 6.45) is -2.91. The van der Waals surface area contributed by atoms with Gasteiger partial charge in [0.05, 0.1) is 0 Å². The van der Waals surface area contributed by atoms with Gasteiger partial charge in [-0.2, -0.15) is 18.2 Å². The fraction of sp³-hybridized carbons (Fsp3) is 0.833. The van der Waals surface area contributed by atoms with Gasteiger partial charge < -0.3 is 14.6 Å². The molecule has 1 aliphatic heterocycles. The van der Waals surface area contributed by atoms with Crippen LogP contribution < -0.4 is 5.32 Å². The van der Waals surface area contributed by atoms with Gasteiger partial charge in [0, 0.05) is 13.7 Å². The molecule has 2 aliphatic rings. The highest BCUT2D eigenvalue weighted by Gasteiger charge is 2.61. The van der Waals surface area contributed by atoms with Crippen LogP contribution in [0.2, 0.25) is 0 Å². The van der Waals surface area contributed by atoms with Crippen LogP contribution in [0.15, 0.2) is 4.52 Å². The van der Waals surface area contributed by atoms with Crippen molar-refractivity contribution in [2.45, 2.75) is 37.0 Å². The van der Waals surface area contributed by atoms with Gasteiger partial charge >= 0.3 is 6.18 Å². The SMILES string of the molecule is COC(c1noc(C2(C(F)(F)F)CCNC2)n1)C1CC1. The predicted molar refractivity (Wildman–Crippen MR) is 62.0 cm³/mol. The Morgan fingerprint density at radius 2 is 2.20 bits per heavy atom. The summed E-state index contributed by atoms with van der Waals surface area (Å²) in [5, 5.41) is 6.44. The summed E-state index contributed by atoms with van der Waals surface area (Å²) in [5.74, 6) is 0.155. The molecule has 0 aromatic carbocycles. The molecular weight excluding hydrogens is 275 g/mol. The Morgan fingerprint density at radius 3 is 2.70 bits per heavy atom. The molecule has 20 heavy (non-hydrogen) atoms.